The Balaban J connectivity index is 1.78. The van der Waals surface area contributed by atoms with Crippen molar-refractivity contribution in [3.8, 4) is 0 Å². The summed E-state index contributed by atoms with van der Waals surface area (Å²) in [6, 6.07) is 13.6. The lowest BCUT2D eigenvalue weighted by Crippen LogP contribution is -2.37. The van der Waals surface area contributed by atoms with Crippen LogP contribution in [0.4, 0.5) is 10.5 Å². The van der Waals surface area contributed by atoms with E-state index in [1.165, 1.54) is 0 Å². The van der Waals surface area contributed by atoms with Gasteiger partial charge in [-0.3, -0.25) is 4.79 Å². The lowest BCUT2D eigenvalue weighted by molar-refractivity contribution is -0.120. The van der Waals surface area contributed by atoms with Crippen LogP contribution in [-0.2, 0) is 4.79 Å². The van der Waals surface area contributed by atoms with Crippen molar-refractivity contribution in [2.45, 2.75) is 6.42 Å². The Kier molecular flexibility index (Phi) is 3.73. The second-order valence-electron chi connectivity index (χ2n) is 5.04. The molecule has 3 amide bonds. The van der Waals surface area contributed by atoms with E-state index in [1.54, 1.807) is 4.90 Å². The maximum atomic E-state index is 12.3. The Morgan fingerprint density at radius 3 is 2.81 bits per heavy atom. The summed E-state index contributed by atoms with van der Waals surface area (Å²) in [4.78, 5) is 25.3. The first-order valence-corrected chi connectivity index (χ1v) is 7.04. The first kappa shape index (κ1) is 13.4. The number of nitrogens with zero attached hydrogens (tertiary/aromatic N) is 1. The molecule has 1 aliphatic rings. The van der Waals surface area contributed by atoms with E-state index in [2.05, 4.69) is 10.6 Å². The number of nitrogens with one attached hydrogen (secondary N) is 2. The number of carbonyl (C=O) groups excluding carboxylic acids is 2. The van der Waals surface area contributed by atoms with Crippen LogP contribution < -0.4 is 10.6 Å². The molecule has 2 aromatic rings. The van der Waals surface area contributed by atoms with Crippen LogP contribution in [-0.4, -0.2) is 36.5 Å². The molecule has 5 nitrogen and oxygen atoms in total. The van der Waals surface area contributed by atoms with E-state index < -0.39 is 0 Å². The largest absolute Gasteiger partial charge is 0.354 e. The highest BCUT2D eigenvalue weighted by Crippen LogP contribution is 2.23. The van der Waals surface area contributed by atoms with E-state index in [0.29, 0.717) is 26.1 Å². The van der Waals surface area contributed by atoms with E-state index >= 15 is 0 Å². The molecular weight excluding hydrogens is 266 g/mol. The third kappa shape index (κ3) is 2.97. The standard InChI is InChI=1S/C16H17N3O2/c20-15-8-10-19(11-9-17-15)16(21)18-14-7-3-5-12-4-1-2-6-13(12)14/h1-7H,8-11H2,(H,17,20)(H,18,21). The molecule has 2 aromatic carbocycles. The van der Waals surface area contributed by atoms with Crippen molar-refractivity contribution in [1.82, 2.24) is 10.2 Å². The molecule has 0 unspecified atom stereocenters. The molecule has 3 rings (SSSR count). The van der Waals surface area contributed by atoms with Crippen LogP contribution in [0.3, 0.4) is 0 Å². The maximum Gasteiger partial charge on any atom is 0.321 e. The molecule has 2 N–H and O–H groups in total. The van der Waals surface area contributed by atoms with Crippen LogP contribution in [0, 0.1) is 0 Å². The van der Waals surface area contributed by atoms with Gasteiger partial charge in [-0.15, -0.1) is 0 Å². The first-order valence-electron chi connectivity index (χ1n) is 7.04. The minimum Gasteiger partial charge on any atom is -0.354 e. The smallest absolute Gasteiger partial charge is 0.321 e. The molecule has 0 atom stereocenters. The number of rotatable bonds is 1. The summed E-state index contributed by atoms with van der Waals surface area (Å²) in [6.07, 6.45) is 0.350. The average Bonchev–Trinajstić information content (AvgIpc) is 2.72. The summed E-state index contributed by atoms with van der Waals surface area (Å²) >= 11 is 0. The molecule has 0 aliphatic carbocycles. The van der Waals surface area contributed by atoms with Crippen molar-refractivity contribution in [2.24, 2.45) is 0 Å². The summed E-state index contributed by atoms with van der Waals surface area (Å²) in [6.45, 7) is 1.48. The lowest BCUT2D eigenvalue weighted by atomic mass is 10.1. The second kappa shape index (κ2) is 5.83. The van der Waals surface area contributed by atoms with Crippen molar-refractivity contribution < 1.29 is 9.59 Å². The third-order valence-electron chi connectivity index (χ3n) is 3.63. The summed E-state index contributed by atoms with van der Waals surface area (Å²) in [5.41, 5.74) is 0.793. The zero-order valence-corrected chi connectivity index (χ0v) is 11.6. The van der Waals surface area contributed by atoms with E-state index in [4.69, 9.17) is 0 Å². The number of fused-ring (bicyclic) bond motifs is 1. The van der Waals surface area contributed by atoms with Gasteiger partial charge in [0, 0.05) is 31.4 Å². The summed E-state index contributed by atoms with van der Waals surface area (Å²) in [5, 5.41) is 7.80. The Bertz CT molecular complexity index is 679. The predicted octanol–water partition coefficient (Wildman–Crippen LogP) is 2.19. The van der Waals surface area contributed by atoms with Gasteiger partial charge in [0.1, 0.15) is 0 Å². The van der Waals surface area contributed by atoms with Crippen molar-refractivity contribution in [3.05, 3.63) is 42.5 Å². The van der Waals surface area contributed by atoms with Crippen molar-refractivity contribution in [3.63, 3.8) is 0 Å². The van der Waals surface area contributed by atoms with E-state index in [1.807, 2.05) is 42.5 Å². The number of hydrogen-bond acceptors (Lipinski definition) is 2. The van der Waals surface area contributed by atoms with Crippen molar-refractivity contribution in [1.29, 1.82) is 0 Å². The number of urea groups is 1. The van der Waals surface area contributed by atoms with Gasteiger partial charge in [-0.2, -0.15) is 0 Å². The molecule has 0 saturated carbocycles. The van der Waals surface area contributed by atoms with Gasteiger partial charge in [-0.05, 0) is 11.5 Å². The van der Waals surface area contributed by atoms with Crippen molar-refractivity contribution >= 4 is 28.4 Å². The van der Waals surface area contributed by atoms with Gasteiger partial charge in [-0.25, -0.2) is 4.79 Å². The van der Waals surface area contributed by atoms with E-state index in [0.717, 1.165) is 16.5 Å². The Morgan fingerprint density at radius 1 is 1.10 bits per heavy atom. The van der Waals surface area contributed by atoms with Gasteiger partial charge in [-0.1, -0.05) is 36.4 Å². The van der Waals surface area contributed by atoms with E-state index in [-0.39, 0.29) is 11.9 Å². The van der Waals surface area contributed by atoms with Gasteiger partial charge >= 0.3 is 6.03 Å². The molecule has 1 heterocycles. The van der Waals surface area contributed by atoms with Gasteiger partial charge in [0.05, 0.1) is 5.69 Å². The summed E-state index contributed by atoms with van der Waals surface area (Å²) in [5.74, 6) is -0.00420. The fraction of sp³-hybridized carbons (Fsp3) is 0.250. The maximum absolute atomic E-state index is 12.3. The van der Waals surface area contributed by atoms with Crippen LogP contribution in [0.5, 0.6) is 0 Å². The number of anilines is 1. The molecule has 21 heavy (non-hydrogen) atoms. The molecule has 108 valence electrons. The zero-order valence-electron chi connectivity index (χ0n) is 11.6. The molecule has 0 bridgehead atoms. The van der Waals surface area contributed by atoms with Gasteiger partial charge < -0.3 is 15.5 Å². The topological polar surface area (TPSA) is 61.4 Å². The fourth-order valence-corrected chi connectivity index (χ4v) is 2.50. The van der Waals surface area contributed by atoms with Crippen LogP contribution in [0.15, 0.2) is 42.5 Å². The summed E-state index contributed by atoms with van der Waals surface area (Å²) < 4.78 is 0. The molecule has 5 heteroatoms. The van der Waals surface area contributed by atoms with Gasteiger partial charge in [0.25, 0.3) is 0 Å². The lowest BCUT2D eigenvalue weighted by Gasteiger charge is -2.20. The van der Waals surface area contributed by atoms with Gasteiger partial charge in [0.2, 0.25) is 5.91 Å². The minimum absolute atomic E-state index is 0.00420. The normalized spacial score (nSPS) is 15.4. The van der Waals surface area contributed by atoms with E-state index in [9.17, 15) is 9.59 Å². The first-order chi connectivity index (χ1) is 10.2. The number of carbonyl (C=O) groups is 2. The SMILES string of the molecule is O=C1CCN(C(=O)Nc2cccc3ccccc23)CCN1. The van der Waals surface area contributed by atoms with Crippen LogP contribution in [0.1, 0.15) is 6.42 Å². The fourth-order valence-electron chi connectivity index (χ4n) is 2.50. The highest BCUT2D eigenvalue weighted by molar-refractivity contribution is 6.01. The molecule has 1 aliphatic heterocycles. The zero-order chi connectivity index (χ0) is 14.7. The number of hydrogen-bond donors (Lipinski definition) is 2. The number of benzene rings is 2. The molecule has 0 spiro atoms. The molecular formula is C16H17N3O2. The quantitative estimate of drug-likeness (QED) is 0.842. The summed E-state index contributed by atoms with van der Waals surface area (Å²) in [7, 11) is 0. The highest BCUT2D eigenvalue weighted by Gasteiger charge is 2.18. The van der Waals surface area contributed by atoms with Gasteiger partial charge in [0.15, 0.2) is 0 Å². The Hall–Kier alpha value is -2.56. The molecule has 1 saturated heterocycles. The molecule has 1 fully saturated rings. The van der Waals surface area contributed by atoms with Crippen molar-refractivity contribution in [2.75, 3.05) is 25.0 Å². The average molecular weight is 283 g/mol. The highest BCUT2D eigenvalue weighted by atomic mass is 16.2. The van der Waals surface area contributed by atoms with Crippen LogP contribution in [0.25, 0.3) is 10.8 Å². The molecule has 0 radical (unpaired) electrons. The monoisotopic (exact) mass is 283 g/mol. The second-order valence-corrected chi connectivity index (χ2v) is 5.04. The Labute approximate surface area is 122 Å². The predicted molar refractivity (Wildman–Crippen MR) is 82.2 cm³/mol. The third-order valence-corrected chi connectivity index (χ3v) is 3.63. The van der Waals surface area contributed by atoms with Crippen LogP contribution in [0.2, 0.25) is 0 Å². The van der Waals surface area contributed by atoms with Crippen LogP contribution >= 0.6 is 0 Å². The Morgan fingerprint density at radius 2 is 1.90 bits per heavy atom. The minimum atomic E-state index is -0.164. The number of amides is 3. The molecule has 0 aromatic heterocycles.